The van der Waals surface area contributed by atoms with Crippen LogP contribution in [0.25, 0.3) is 11.4 Å². The van der Waals surface area contributed by atoms with Crippen LogP contribution in [0.15, 0.2) is 30.6 Å². The Labute approximate surface area is 183 Å². The molecule has 1 saturated carbocycles. The van der Waals surface area contributed by atoms with E-state index in [1.807, 2.05) is 0 Å². The highest BCUT2D eigenvalue weighted by Gasteiger charge is 2.47. The minimum Gasteiger partial charge on any atom is -0.275 e. The Morgan fingerprint density at radius 3 is 2.62 bits per heavy atom. The van der Waals surface area contributed by atoms with Crippen LogP contribution >= 0.6 is 0 Å². The fraction of sp³-hybridized carbons (Fsp3) is 0.450. The number of hydrogen-bond acceptors (Lipinski definition) is 6. The highest BCUT2D eigenvalue weighted by Crippen LogP contribution is 2.43. The lowest BCUT2D eigenvalue weighted by Crippen LogP contribution is -2.43. The smallest absolute Gasteiger partial charge is 0.252 e. The number of halogens is 3. The largest absolute Gasteiger partial charge is 0.275 e. The van der Waals surface area contributed by atoms with Crippen molar-refractivity contribution in [1.29, 1.82) is 0 Å². The average molecular weight is 472 g/mol. The third-order valence-corrected chi connectivity index (χ3v) is 6.53. The predicted molar refractivity (Wildman–Crippen MR) is 109 cm³/mol. The minimum absolute atomic E-state index is 0.0138. The number of alkyl halides is 1. The Hall–Kier alpha value is -2.57. The molecule has 0 aliphatic heterocycles. The first-order valence-corrected chi connectivity index (χ1v) is 11.4. The summed E-state index contributed by atoms with van der Waals surface area (Å²) in [6.45, 7) is 0. The van der Waals surface area contributed by atoms with E-state index in [0.717, 1.165) is 17.5 Å². The summed E-state index contributed by atoms with van der Waals surface area (Å²) in [6.07, 6.45) is 2.72. The number of carbonyl (C=O) groups is 1. The maximum atomic E-state index is 14.4. The van der Waals surface area contributed by atoms with E-state index in [0.29, 0.717) is 18.4 Å². The standard InChI is InChI=1S/C20H23F3N4O4S/c1-27(31-2)19(28)20(6-5-15(9-20)26-32(29,30)12-21)8-13-3-4-17(23)16(7-13)18-24-10-14(22)11-25-18/h3-4,7,10-11,15,26H,5-6,8-9,12H2,1-2H3/t15-,20+/m0/s1. The van der Waals surface area contributed by atoms with Crippen molar-refractivity contribution in [2.45, 2.75) is 31.7 Å². The highest BCUT2D eigenvalue weighted by molar-refractivity contribution is 7.89. The first kappa shape index (κ1) is 24.1. The normalized spacial score (nSPS) is 21.0. The quantitative estimate of drug-likeness (QED) is 0.592. The van der Waals surface area contributed by atoms with Crippen LogP contribution in [-0.4, -0.2) is 55.6 Å². The van der Waals surface area contributed by atoms with E-state index >= 15 is 0 Å². The molecule has 1 fully saturated rings. The van der Waals surface area contributed by atoms with Crippen LogP contribution in [0.2, 0.25) is 0 Å². The van der Waals surface area contributed by atoms with Crippen molar-refractivity contribution in [3.8, 4) is 11.4 Å². The van der Waals surface area contributed by atoms with Gasteiger partial charge in [-0.2, -0.15) is 0 Å². The molecule has 12 heteroatoms. The van der Waals surface area contributed by atoms with Gasteiger partial charge in [0, 0.05) is 13.1 Å². The number of hydroxylamine groups is 2. The Balaban J connectivity index is 1.93. The van der Waals surface area contributed by atoms with Crippen molar-refractivity contribution in [1.82, 2.24) is 19.8 Å². The molecular weight excluding hydrogens is 449 g/mol. The Kier molecular flexibility index (Phi) is 7.16. The number of carbonyl (C=O) groups excluding carboxylic acids is 1. The average Bonchev–Trinajstić information content (AvgIpc) is 3.17. The number of amides is 1. The summed E-state index contributed by atoms with van der Waals surface area (Å²) in [7, 11) is -1.34. The molecule has 1 amide bonds. The molecule has 1 heterocycles. The van der Waals surface area contributed by atoms with E-state index in [9.17, 15) is 26.4 Å². The second kappa shape index (κ2) is 9.51. The van der Waals surface area contributed by atoms with Crippen molar-refractivity contribution in [2.75, 3.05) is 20.2 Å². The van der Waals surface area contributed by atoms with Crippen molar-refractivity contribution in [3.63, 3.8) is 0 Å². The zero-order valence-corrected chi connectivity index (χ0v) is 18.3. The van der Waals surface area contributed by atoms with Gasteiger partial charge in [0.1, 0.15) is 5.82 Å². The number of nitrogens with zero attached hydrogens (tertiary/aromatic N) is 3. The topological polar surface area (TPSA) is 101 Å². The molecule has 0 bridgehead atoms. The molecule has 1 aromatic carbocycles. The van der Waals surface area contributed by atoms with E-state index in [4.69, 9.17) is 4.84 Å². The highest BCUT2D eigenvalue weighted by atomic mass is 32.2. The summed E-state index contributed by atoms with van der Waals surface area (Å²) in [4.78, 5) is 25.8. The van der Waals surface area contributed by atoms with Gasteiger partial charge in [0.25, 0.3) is 5.91 Å². The lowest BCUT2D eigenvalue weighted by atomic mass is 9.78. The Bertz CT molecular complexity index is 1080. The van der Waals surface area contributed by atoms with Crippen molar-refractivity contribution in [3.05, 3.63) is 47.8 Å². The summed E-state index contributed by atoms with van der Waals surface area (Å²) >= 11 is 0. The van der Waals surface area contributed by atoms with Gasteiger partial charge in [-0.3, -0.25) is 9.63 Å². The van der Waals surface area contributed by atoms with Crippen LogP contribution in [-0.2, 0) is 26.1 Å². The van der Waals surface area contributed by atoms with E-state index in [2.05, 4.69) is 14.7 Å². The maximum Gasteiger partial charge on any atom is 0.252 e. The SMILES string of the molecule is CON(C)C(=O)[C@@]1(Cc2ccc(F)c(-c3ncc(F)cn3)c2)CC[C@H](NS(=O)(=O)CF)C1. The number of aromatic nitrogens is 2. The lowest BCUT2D eigenvalue weighted by Gasteiger charge is -2.31. The van der Waals surface area contributed by atoms with E-state index in [1.165, 1.54) is 32.4 Å². The molecule has 0 unspecified atom stereocenters. The molecule has 1 aliphatic carbocycles. The second-order valence-corrected chi connectivity index (χ2v) is 9.45. The molecular formula is C20H23F3N4O4S. The van der Waals surface area contributed by atoms with Gasteiger partial charge in [-0.15, -0.1) is 0 Å². The van der Waals surface area contributed by atoms with Gasteiger partial charge < -0.3 is 0 Å². The van der Waals surface area contributed by atoms with Crippen LogP contribution in [0.1, 0.15) is 24.8 Å². The van der Waals surface area contributed by atoms with Gasteiger partial charge in [0.15, 0.2) is 11.6 Å². The van der Waals surface area contributed by atoms with Crippen molar-refractivity contribution < 1.29 is 31.2 Å². The summed E-state index contributed by atoms with van der Waals surface area (Å²) < 4.78 is 65.9. The summed E-state index contributed by atoms with van der Waals surface area (Å²) in [5.74, 6) is -1.68. The van der Waals surface area contributed by atoms with Gasteiger partial charge in [-0.05, 0) is 43.4 Å². The molecule has 0 radical (unpaired) electrons. The molecule has 0 spiro atoms. The number of hydrogen-bond donors (Lipinski definition) is 1. The molecule has 1 aliphatic rings. The van der Waals surface area contributed by atoms with Crippen LogP contribution in [0, 0.1) is 17.0 Å². The Morgan fingerprint density at radius 2 is 2.00 bits per heavy atom. The molecule has 174 valence electrons. The van der Waals surface area contributed by atoms with Gasteiger partial charge in [-0.25, -0.2) is 41.3 Å². The number of benzene rings is 1. The number of sulfonamides is 1. The predicted octanol–water partition coefficient (Wildman–Crippen LogP) is 2.37. The molecule has 0 saturated heterocycles. The van der Waals surface area contributed by atoms with Crippen LogP contribution in [0.3, 0.4) is 0 Å². The molecule has 3 rings (SSSR count). The number of nitrogens with one attached hydrogen (secondary N) is 1. The third kappa shape index (κ3) is 5.25. The molecule has 2 aromatic rings. The fourth-order valence-corrected chi connectivity index (χ4v) is 4.83. The second-order valence-electron chi connectivity index (χ2n) is 7.76. The minimum atomic E-state index is -4.10. The zero-order chi connectivity index (χ0) is 23.5. The van der Waals surface area contributed by atoms with Gasteiger partial charge in [0.05, 0.1) is 30.5 Å². The van der Waals surface area contributed by atoms with Gasteiger partial charge >= 0.3 is 0 Å². The molecule has 2 atom stereocenters. The van der Waals surface area contributed by atoms with Crippen LogP contribution in [0.4, 0.5) is 13.2 Å². The van der Waals surface area contributed by atoms with Crippen LogP contribution in [0.5, 0.6) is 0 Å². The number of rotatable bonds is 8. The van der Waals surface area contributed by atoms with Crippen LogP contribution < -0.4 is 4.72 Å². The first-order chi connectivity index (χ1) is 15.1. The van der Waals surface area contributed by atoms with E-state index in [-0.39, 0.29) is 30.1 Å². The lowest BCUT2D eigenvalue weighted by molar-refractivity contribution is -0.180. The van der Waals surface area contributed by atoms with Crippen molar-refractivity contribution in [2.24, 2.45) is 5.41 Å². The van der Waals surface area contributed by atoms with Crippen molar-refractivity contribution >= 4 is 15.9 Å². The zero-order valence-electron chi connectivity index (χ0n) is 17.5. The molecule has 1 N–H and O–H groups in total. The first-order valence-electron chi connectivity index (χ1n) is 9.74. The van der Waals surface area contributed by atoms with Gasteiger partial charge in [0.2, 0.25) is 16.0 Å². The third-order valence-electron chi connectivity index (χ3n) is 5.55. The Morgan fingerprint density at radius 1 is 1.31 bits per heavy atom. The van der Waals surface area contributed by atoms with Gasteiger partial charge in [-0.1, -0.05) is 6.07 Å². The summed E-state index contributed by atoms with van der Waals surface area (Å²) in [5.41, 5.74) is -0.452. The maximum absolute atomic E-state index is 14.4. The van der Waals surface area contributed by atoms with E-state index in [1.54, 1.807) is 0 Å². The molecule has 32 heavy (non-hydrogen) atoms. The molecule has 8 nitrogen and oxygen atoms in total. The summed E-state index contributed by atoms with van der Waals surface area (Å²) in [6, 6.07) is 1.99. The fourth-order valence-electron chi connectivity index (χ4n) is 4.06. The van der Waals surface area contributed by atoms with E-state index < -0.39 is 39.1 Å². The summed E-state index contributed by atoms with van der Waals surface area (Å²) in [5, 5.41) is 1.06. The molecule has 1 aromatic heterocycles. The monoisotopic (exact) mass is 472 g/mol.